The molecule has 1 aromatic heterocycles. The van der Waals surface area contributed by atoms with Crippen molar-refractivity contribution in [1.82, 2.24) is 20.2 Å². The highest BCUT2D eigenvalue weighted by Gasteiger charge is 2.10. The van der Waals surface area contributed by atoms with E-state index in [1.807, 2.05) is 49.4 Å². The number of nitrogens with one attached hydrogen (secondary N) is 1. The van der Waals surface area contributed by atoms with Gasteiger partial charge in [-0.05, 0) is 52.7 Å². The predicted octanol–water partition coefficient (Wildman–Crippen LogP) is 2.16. The van der Waals surface area contributed by atoms with Gasteiger partial charge in [0.1, 0.15) is 12.1 Å². The van der Waals surface area contributed by atoms with E-state index in [-0.39, 0.29) is 5.91 Å². The summed E-state index contributed by atoms with van der Waals surface area (Å²) in [5.74, 6) is 0.682. The summed E-state index contributed by atoms with van der Waals surface area (Å²) in [6, 6.07) is 13.0. The molecule has 0 aliphatic carbocycles. The normalized spacial score (nSPS) is 10.4. The third kappa shape index (κ3) is 3.40. The van der Waals surface area contributed by atoms with Gasteiger partial charge in [0, 0.05) is 5.69 Å². The molecule has 0 fully saturated rings. The summed E-state index contributed by atoms with van der Waals surface area (Å²) >= 11 is 0. The van der Waals surface area contributed by atoms with Gasteiger partial charge < -0.3 is 10.1 Å². The average Bonchev–Trinajstić information content (AvgIpc) is 3.12. The van der Waals surface area contributed by atoms with Crippen molar-refractivity contribution in [3.05, 3.63) is 59.9 Å². The fourth-order valence-corrected chi connectivity index (χ4v) is 2.40. The molecule has 0 saturated carbocycles. The Bertz CT molecular complexity index is 829. The van der Waals surface area contributed by atoms with Gasteiger partial charge in [-0.1, -0.05) is 18.2 Å². The summed E-state index contributed by atoms with van der Waals surface area (Å²) in [6.07, 6.45) is 1.81. The summed E-state index contributed by atoms with van der Waals surface area (Å²) in [6.45, 7) is 1.92. The molecule has 0 atom stereocenters. The number of hydrogen-bond donors (Lipinski definition) is 1. The van der Waals surface area contributed by atoms with E-state index < -0.39 is 0 Å². The van der Waals surface area contributed by atoms with Crippen LogP contribution >= 0.6 is 0 Å². The lowest BCUT2D eigenvalue weighted by atomic mass is 10.1. The van der Waals surface area contributed by atoms with Crippen molar-refractivity contribution in [2.24, 2.45) is 0 Å². The SMILES string of the molecule is COc1ccc(CC(=O)Nc2cccc(-n3cnnn3)c2C)cc1. The van der Waals surface area contributed by atoms with Gasteiger partial charge in [-0.3, -0.25) is 4.79 Å². The number of methoxy groups -OCH3 is 1. The molecule has 0 aliphatic rings. The standard InChI is InChI=1S/C17H17N5O2/c1-12-15(4-3-5-16(12)22-11-18-20-21-22)19-17(23)10-13-6-8-14(24-2)9-7-13/h3-9,11H,10H2,1-2H3,(H,19,23). The fourth-order valence-electron chi connectivity index (χ4n) is 2.40. The molecule has 3 aromatic rings. The Balaban J connectivity index is 1.73. The number of hydrogen-bond acceptors (Lipinski definition) is 5. The lowest BCUT2D eigenvalue weighted by Gasteiger charge is -2.12. The zero-order valence-corrected chi connectivity index (χ0v) is 13.4. The topological polar surface area (TPSA) is 81.9 Å². The monoisotopic (exact) mass is 323 g/mol. The number of benzene rings is 2. The van der Waals surface area contributed by atoms with Gasteiger partial charge in [-0.25, -0.2) is 4.68 Å². The van der Waals surface area contributed by atoms with Crippen LogP contribution in [0.3, 0.4) is 0 Å². The predicted molar refractivity (Wildman–Crippen MR) is 89.2 cm³/mol. The smallest absolute Gasteiger partial charge is 0.228 e. The molecule has 7 heteroatoms. The first-order valence-electron chi connectivity index (χ1n) is 7.43. The highest BCUT2D eigenvalue weighted by molar-refractivity contribution is 5.93. The van der Waals surface area contributed by atoms with E-state index in [0.717, 1.165) is 28.3 Å². The second-order valence-electron chi connectivity index (χ2n) is 5.28. The van der Waals surface area contributed by atoms with Crippen molar-refractivity contribution in [2.75, 3.05) is 12.4 Å². The van der Waals surface area contributed by atoms with Gasteiger partial charge in [-0.15, -0.1) is 5.10 Å². The Morgan fingerprint density at radius 3 is 2.67 bits per heavy atom. The van der Waals surface area contributed by atoms with Gasteiger partial charge in [0.15, 0.2) is 0 Å². The van der Waals surface area contributed by atoms with Crippen LogP contribution in [0, 0.1) is 6.92 Å². The van der Waals surface area contributed by atoms with Gasteiger partial charge in [0.2, 0.25) is 5.91 Å². The third-order valence-corrected chi connectivity index (χ3v) is 3.70. The van der Waals surface area contributed by atoms with Gasteiger partial charge in [0.25, 0.3) is 0 Å². The number of amides is 1. The minimum atomic E-state index is -0.0860. The second kappa shape index (κ2) is 6.91. The highest BCUT2D eigenvalue weighted by Crippen LogP contribution is 2.21. The molecule has 0 saturated heterocycles. The Hall–Kier alpha value is -3.22. The number of nitrogens with zero attached hydrogens (tertiary/aromatic N) is 4. The Morgan fingerprint density at radius 2 is 2.00 bits per heavy atom. The van der Waals surface area contributed by atoms with E-state index in [9.17, 15) is 4.79 Å². The molecule has 0 spiro atoms. The first-order chi connectivity index (χ1) is 11.7. The van der Waals surface area contributed by atoms with Crippen molar-refractivity contribution in [2.45, 2.75) is 13.3 Å². The van der Waals surface area contributed by atoms with Crippen LogP contribution in [0.25, 0.3) is 5.69 Å². The molecule has 1 amide bonds. The molecule has 7 nitrogen and oxygen atoms in total. The molecule has 0 radical (unpaired) electrons. The number of aromatic nitrogens is 4. The van der Waals surface area contributed by atoms with E-state index >= 15 is 0 Å². The van der Waals surface area contributed by atoms with Crippen molar-refractivity contribution >= 4 is 11.6 Å². The summed E-state index contributed by atoms with van der Waals surface area (Å²) in [7, 11) is 1.61. The molecule has 1 N–H and O–H groups in total. The number of carbonyl (C=O) groups excluding carboxylic acids is 1. The Labute approximate surface area is 139 Å². The lowest BCUT2D eigenvalue weighted by Crippen LogP contribution is -2.15. The van der Waals surface area contributed by atoms with Gasteiger partial charge in [-0.2, -0.15) is 0 Å². The zero-order chi connectivity index (χ0) is 16.9. The van der Waals surface area contributed by atoms with Crippen molar-refractivity contribution in [3.63, 3.8) is 0 Å². The third-order valence-electron chi connectivity index (χ3n) is 3.70. The molecular weight excluding hydrogens is 306 g/mol. The summed E-state index contributed by atoms with van der Waals surface area (Å²) in [5.41, 5.74) is 3.37. The van der Waals surface area contributed by atoms with E-state index in [1.165, 1.54) is 6.33 Å². The van der Waals surface area contributed by atoms with Gasteiger partial charge >= 0.3 is 0 Å². The molecule has 122 valence electrons. The van der Waals surface area contributed by atoms with Crippen LogP contribution in [0.4, 0.5) is 5.69 Å². The maximum absolute atomic E-state index is 12.3. The van der Waals surface area contributed by atoms with Crippen LogP contribution in [0.15, 0.2) is 48.8 Å². The van der Waals surface area contributed by atoms with Crippen LogP contribution in [0.5, 0.6) is 5.75 Å². The van der Waals surface area contributed by atoms with E-state index in [0.29, 0.717) is 6.42 Å². The van der Waals surface area contributed by atoms with E-state index in [4.69, 9.17) is 4.74 Å². The zero-order valence-electron chi connectivity index (χ0n) is 13.4. The summed E-state index contributed by atoms with van der Waals surface area (Å²) in [4.78, 5) is 12.3. The largest absolute Gasteiger partial charge is 0.497 e. The molecule has 24 heavy (non-hydrogen) atoms. The van der Waals surface area contributed by atoms with Crippen LogP contribution in [0.2, 0.25) is 0 Å². The highest BCUT2D eigenvalue weighted by atomic mass is 16.5. The van der Waals surface area contributed by atoms with E-state index in [2.05, 4.69) is 20.8 Å². The minimum absolute atomic E-state index is 0.0860. The second-order valence-corrected chi connectivity index (χ2v) is 5.28. The van der Waals surface area contributed by atoms with Crippen molar-refractivity contribution < 1.29 is 9.53 Å². The quantitative estimate of drug-likeness (QED) is 0.778. The van der Waals surface area contributed by atoms with Crippen molar-refractivity contribution in [3.8, 4) is 11.4 Å². The maximum Gasteiger partial charge on any atom is 0.228 e. The van der Waals surface area contributed by atoms with Crippen LogP contribution in [0.1, 0.15) is 11.1 Å². The molecule has 1 heterocycles. The van der Waals surface area contributed by atoms with E-state index in [1.54, 1.807) is 11.8 Å². The van der Waals surface area contributed by atoms with Crippen LogP contribution in [-0.4, -0.2) is 33.2 Å². The molecule has 0 unspecified atom stereocenters. The van der Waals surface area contributed by atoms with Gasteiger partial charge in [0.05, 0.1) is 19.2 Å². The van der Waals surface area contributed by atoms with Crippen LogP contribution in [-0.2, 0) is 11.2 Å². The average molecular weight is 323 g/mol. The first-order valence-corrected chi connectivity index (χ1v) is 7.43. The lowest BCUT2D eigenvalue weighted by molar-refractivity contribution is -0.115. The molecule has 3 rings (SSSR count). The summed E-state index contributed by atoms with van der Waals surface area (Å²) < 4.78 is 6.68. The Morgan fingerprint density at radius 1 is 1.21 bits per heavy atom. The number of tetrazole rings is 1. The number of rotatable bonds is 5. The number of carbonyl (C=O) groups is 1. The summed E-state index contributed by atoms with van der Waals surface area (Å²) in [5, 5.41) is 14.1. The maximum atomic E-state index is 12.3. The molecule has 0 bridgehead atoms. The molecular formula is C17H17N5O2. The first kappa shape index (κ1) is 15.7. The molecule has 0 aliphatic heterocycles. The van der Waals surface area contributed by atoms with Crippen LogP contribution < -0.4 is 10.1 Å². The van der Waals surface area contributed by atoms with Crippen molar-refractivity contribution in [1.29, 1.82) is 0 Å². The number of ether oxygens (including phenoxy) is 1. The fraction of sp³-hybridized carbons (Fsp3) is 0.176. The number of anilines is 1. The minimum Gasteiger partial charge on any atom is -0.497 e. The molecule has 2 aromatic carbocycles. The Kier molecular flexibility index (Phi) is 4.51.